The number of hydrogen-bond donors (Lipinski definition) is 0. The zero-order valence-electron chi connectivity index (χ0n) is 37.8. The molecule has 0 spiro atoms. The van der Waals surface area contributed by atoms with E-state index in [2.05, 4.69) is 26.1 Å². The van der Waals surface area contributed by atoms with E-state index in [-0.39, 0.29) is 24.2 Å². The average molecular weight is 976 g/mol. The van der Waals surface area contributed by atoms with E-state index in [0.717, 1.165) is 80.3 Å². The van der Waals surface area contributed by atoms with Crippen LogP contribution in [0.25, 0.3) is 54.9 Å². The molecule has 6 aromatic heterocycles. The third kappa shape index (κ3) is 8.45. The van der Waals surface area contributed by atoms with Gasteiger partial charge in [-0.1, -0.05) is 51.8 Å². The van der Waals surface area contributed by atoms with Gasteiger partial charge in [0.05, 0.1) is 94.5 Å². The maximum absolute atomic E-state index is 13.5. The lowest BCUT2D eigenvalue weighted by atomic mass is 10.1. The van der Waals surface area contributed by atoms with Gasteiger partial charge in [0.25, 0.3) is 11.1 Å². The SMILES string of the molecule is Cc1cc2n(Cc3nc(OCC4CCOC4)c4cc(Br)ccc4n3)c(=O)c3ccccc3n2n1.Cc1ccc2nc(Cn3c(=O)c4ccccc4n4nc(C)cc34)nc(OCC3CCOC3)c2c1. The van der Waals surface area contributed by atoms with E-state index in [1.165, 1.54) is 0 Å². The summed E-state index contributed by atoms with van der Waals surface area (Å²) in [5.41, 5.74) is 7.10. The quantitative estimate of drug-likeness (QED) is 0.131. The maximum atomic E-state index is 13.5. The molecule has 2 atom stereocenters. The lowest BCUT2D eigenvalue weighted by molar-refractivity contribution is 0.166. The molecule has 17 heteroatoms. The van der Waals surface area contributed by atoms with E-state index in [1.54, 1.807) is 9.13 Å². The van der Waals surface area contributed by atoms with Gasteiger partial charge in [-0.25, -0.2) is 19.0 Å². The summed E-state index contributed by atoms with van der Waals surface area (Å²) in [7, 11) is 0. The van der Waals surface area contributed by atoms with E-state index >= 15 is 0 Å². The van der Waals surface area contributed by atoms with E-state index in [9.17, 15) is 9.59 Å². The molecule has 2 unspecified atom stereocenters. The number of benzene rings is 4. The summed E-state index contributed by atoms with van der Waals surface area (Å²) in [5, 5.41) is 12.1. The normalized spacial score (nSPS) is 16.1. The van der Waals surface area contributed by atoms with Gasteiger partial charge in [-0.05, 0) is 88.2 Å². The topological polar surface area (TPSA) is 167 Å². The molecule has 2 aliphatic heterocycles. The number of para-hydroxylation sites is 2. The van der Waals surface area contributed by atoms with Crippen LogP contribution in [0.1, 0.15) is 41.4 Å². The van der Waals surface area contributed by atoms with Crippen LogP contribution in [0, 0.1) is 32.6 Å². The molecule has 344 valence electrons. The second kappa shape index (κ2) is 18.2. The van der Waals surface area contributed by atoms with Gasteiger partial charge in [0.1, 0.15) is 11.3 Å². The number of aryl methyl sites for hydroxylation is 3. The lowest BCUT2D eigenvalue weighted by Crippen LogP contribution is -2.24. The fourth-order valence-corrected chi connectivity index (χ4v) is 9.40. The number of rotatable bonds is 10. The predicted octanol–water partition coefficient (Wildman–Crippen LogP) is 7.80. The molecule has 2 aliphatic rings. The molecule has 0 saturated carbocycles. The molecule has 68 heavy (non-hydrogen) atoms. The third-order valence-corrected chi connectivity index (χ3v) is 13.0. The Balaban J connectivity index is 0.000000149. The number of hydrogen-bond acceptors (Lipinski definition) is 12. The Morgan fingerprint density at radius 3 is 1.57 bits per heavy atom. The smallest absolute Gasteiger partial charge is 0.262 e. The molecular weight excluding hydrogens is 929 g/mol. The van der Waals surface area contributed by atoms with E-state index < -0.39 is 0 Å². The van der Waals surface area contributed by atoms with Gasteiger partial charge in [-0.3, -0.25) is 18.7 Å². The first kappa shape index (κ1) is 43.5. The van der Waals surface area contributed by atoms with E-state index in [0.29, 0.717) is 83.7 Å². The maximum Gasteiger partial charge on any atom is 0.262 e. The summed E-state index contributed by atoms with van der Waals surface area (Å²) in [5.74, 6) is 2.79. The summed E-state index contributed by atoms with van der Waals surface area (Å²) in [6.45, 7) is 10.3. The summed E-state index contributed by atoms with van der Waals surface area (Å²) in [4.78, 5) is 46.0. The standard InChI is InChI=1S/C26H25N5O3.C25H22BrN5O3/c1-16-7-8-21-20(11-16)25(34-15-18-9-10-33-14-18)28-23(27-21)13-30-24-12-17(2)29-31(24)22-6-4-3-5-19(22)26(30)32;1-15-10-23-30(25(32)18-4-2-3-5-21(18)31(23)29-15)12-22-27-20-7-6-17(26)11-19(20)24(28-22)34-14-16-8-9-33-13-16/h3-8,11-12,18H,9-10,13-15H2,1-2H3;2-7,10-11,16H,8-9,12-14H2,1H3. The molecule has 2 fully saturated rings. The van der Waals surface area contributed by atoms with Crippen LogP contribution in [-0.2, 0) is 22.6 Å². The van der Waals surface area contributed by atoms with Crippen molar-refractivity contribution in [2.45, 2.75) is 46.7 Å². The lowest BCUT2D eigenvalue weighted by Gasteiger charge is -2.14. The monoisotopic (exact) mass is 974 g/mol. The molecule has 0 bridgehead atoms. The molecule has 2 saturated heterocycles. The van der Waals surface area contributed by atoms with Crippen molar-refractivity contribution in [2.75, 3.05) is 39.6 Å². The largest absolute Gasteiger partial charge is 0.477 e. The van der Waals surface area contributed by atoms with Crippen LogP contribution in [0.15, 0.2) is 111 Å². The highest BCUT2D eigenvalue weighted by Crippen LogP contribution is 2.29. The Morgan fingerprint density at radius 1 is 0.588 bits per heavy atom. The molecule has 8 heterocycles. The van der Waals surface area contributed by atoms with Crippen molar-refractivity contribution in [3.05, 3.63) is 151 Å². The molecule has 0 amide bonds. The Hall–Kier alpha value is -7.08. The van der Waals surface area contributed by atoms with E-state index in [4.69, 9.17) is 38.9 Å². The Kier molecular flexibility index (Phi) is 11.6. The summed E-state index contributed by atoms with van der Waals surface area (Å²) in [6.07, 6.45) is 1.96. The first-order valence-corrected chi connectivity index (χ1v) is 23.5. The minimum absolute atomic E-state index is 0.0961. The second-order valence-electron chi connectivity index (χ2n) is 17.6. The van der Waals surface area contributed by atoms with Gasteiger partial charge >= 0.3 is 0 Å². The van der Waals surface area contributed by atoms with Crippen molar-refractivity contribution < 1.29 is 18.9 Å². The van der Waals surface area contributed by atoms with Crippen LogP contribution in [-0.4, -0.2) is 87.9 Å². The average Bonchev–Trinajstić information content (AvgIpc) is 4.20. The predicted molar refractivity (Wildman–Crippen MR) is 262 cm³/mol. The Morgan fingerprint density at radius 2 is 1.07 bits per heavy atom. The van der Waals surface area contributed by atoms with Gasteiger partial charge in [-0.2, -0.15) is 20.2 Å². The number of fused-ring (bicyclic) bond motifs is 8. The fraction of sp³-hybridized carbons (Fsp3) is 0.294. The van der Waals surface area contributed by atoms with Crippen LogP contribution in [0.4, 0.5) is 0 Å². The summed E-state index contributed by atoms with van der Waals surface area (Å²) < 4.78 is 31.2. The molecule has 0 N–H and O–H groups in total. The van der Waals surface area contributed by atoms with Crippen molar-refractivity contribution >= 4 is 70.8 Å². The molecule has 12 rings (SSSR count). The van der Waals surface area contributed by atoms with Gasteiger partial charge < -0.3 is 18.9 Å². The molecule has 4 aromatic carbocycles. The highest BCUT2D eigenvalue weighted by molar-refractivity contribution is 9.10. The number of nitrogens with zero attached hydrogens (tertiary/aromatic N) is 10. The highest BCUT2D eigenvalue weighted by atomic mass is 79.9. The highest BCUT2D eigenvalue weighted by Gasteiger charge is 2.22. The van der Waals surface area contributed by atoms with Crippen molar-refractivity contribution in [3.63, 3.8) is 0 Å². The van der Waals surface area contributed by atoms with Gasteiger partial charge in [0, 0.05) is 41.7 Å². The molecule has 10 aromatic rings. The third-order valence-electron chi connectivity index (χ3n) is 12.5. The van der Waals surface area contributed by atoms with Crippen molar-refractivity contribution in [3.8, 4) is 11.8 Å². The first-order valence-electron chi connectivity index (χ1n) is 22.7. The van der Waals surface area contributed by atoms with Gasteiger partial charge in [0.2, 0.25) is 11.8 Å². The van der Waals surface area contributed by atoms with Crippen LogP contribution in [0.2, 0.25) is 0 Å². The fourth-order valence-electron chi connectivity index (χ4n) is 9.04. The molecule has 0 radical (unpaired) electrons. The van der Waals surface area contributed by atoms with Crippen molar-refractivity contribution in [2.24, 2.45) is 11.8 Å². The molecule has 0 aliphatic carbocycles. The van der Waals surface area contributed by atoms with E-state index in [1.807, 2.05) is 127 Å². The van der Waals surface area contributed by atoms with Crippen LogP contribution < -0.4 is 20.6 Å². The summed E-state index contributed by atoms with van der Waals surface area (Å²) in [6, 6.07) is 30.7. The number of ether oxygens (including phenoxy) is 4. The van der Waals surface area contributed by atoms with Crippen molar-refractivity contribution in [1.29, 1.82) is 0 Å². The first-order chi connectivity index (χ1) is 33.1. The van der Waals surface area contributed by atoms with Crippen LogP contribution in [0.3, 0.4) is 0 Å². The minimum Gasteiger partial charge on any atom is -0.477 e. The van der Waals surface area contributed by atoms with Gasteiger partial charge in [0.15, 0.2) is 11.6 Å². The van der Waals surface area contributed by atoms with Crippen molar-refractivity contribution in [1.82, 2.24) is 48.3 Å². The number of halogens is 1. The molecule has 16 nitrogen and oxygen atoms in total. The zero-order valence-corrected chi connectivity index (χ0v) is 39.3. The Labute approximate surface area is 397 Å². The van der Waals surface area contributed by atoms with Gasteiger partial charge in [-0.15, -0.1) is 0 Å². The van der Waals surface area contributed by atoms with Crippen LogP contribution in [0.5, 0.6) is 11.8 Å². The minimum atomic E-state index is -0.104. The Bertz CT molecular complexity index is 3440. The zero-order chi connectivity index (χ0) is 46.5. The molecular formula is C51H47BrN10O6. The number of aromatic nitrogens is 10. The van der Waals surface area contributed by atoms with Crippen LogP contribution >= 0.6 is 15.9 Å². The summed E-state index contributed by atoms with van der Waals surface area (Å²) >= 11 is 3.53. The second-order valence-corrected chi connectivity index (χ2v) is 18.5.